The van der Waals surface area contributed by atoms with Crippen LogP contribution in [0.5, 0.6) is 0 Å². The number of hydrogen-bond donors (Lipinski definition) is 2. The van der Waals surface area contributed by atoms with E-state index in [1.54, 1.807) is 18.4 Å². The molecule has 3 N–H and O–H groups in total. The van der Waals surface area contributed by atoms with E-state index >= 15 is 0 Å². The summed E-state index contributed by atoms with van der Waals surface area (Å²) in [6.45, 7) is 0. The van der Waals surface area contributed by atoms with Crippen LogP contribution in [0.4, 0.5) is 0 Å². The lowest BCUT2D eigenvalue weighted by Crippen LogP contribution is -2.03. The molecule has 0 aliphatic heterocycles. The number of halogens is 1. The molecule has 1 rings (SSSR count). The average Bonchev–Trinajstić information content (AvgIpc) is 2.29. The van der Waals surface area contributed by atoms with E-state index in [4.69, 9.17) is 10.8 Å². The smallest absolute Gasteiger partial charge is 0.335 e. The van der Waals surface area contributed by atoms with E-state index < -0.39 is 5.97 Å². The Morgan fingerprint density at radius 1 is 1.41 bits per heavy atom. The van der Waals surface area contributed by atoms with Crippen molar-refractivity contribution in [3.8, 4) is 0 Å². The van der Waals surface area contributed by atoms with Gasteiger partial charge in [-0.2, -0.15) is 5.10 Å². The molecule has 17 heavy (non-hydrogen) atoms. The highest BCUT2D eigenvalue weighted by molar-refractivity contribution is 14.0. The van der Waals surface area contributed by atoms with Crippen molar-refractivity contribution in [1.29, 1.82) is 0 Å². The standard InChI is InChI=1S/C10H11N3O2S.HI/c1-16-10(11)13-12-6-7-2-4-8(5-3-7)9(14)15;/h2-6H,1H3,(H2,11,13)(H,14,15);1H. The second-order valence-electron chi connectivity index (χ2n) is 2.81. The molecule has 0 aliphatic rings. The summed E-state index contributed by atoms with van der Waals surface area (Å²) in [6, 6.07) is 6.31. The maximum atomic E-state index is 10.6. The lowest BCUT2D eigenvalue weighted by atomic mass is 10.1. The molecule has 0 heterocycles. The van der Waals surface area contributed by atoms with Crippen LogP contribution < -0.4 is 5.73 Å². The van der Waals surface area contributed by atoms with Gasteiger partial charge in [-0.3, -0.25) is 0 Å². The summed E-state index contributed by atoms with van der Waals surface area (Å²) < 4.78 is 0. The number of benzene rings is 1. The summed E-state index contributed by atoms with van der Waals surface area (Å²) in [4.78, 5) is 10.6. The number of nitrogens with two attached hydrogens (primary N) is 1. The minimum atomic E-state index is -0.951. The van der Waals surface area contributed by atoms with E-state index in [2.05, 4.69) is 10.2 Å². The summed E-state index contributed by atoms with van der Waals surface area (Å²) in [5, 5.41) is 16.5. The molecule has 1 aromatic carbocycles. The zero-order valence-electron chi connectivity index (χ0n) is 9.03. The molecular formula is C10H12IN3O2S. The minimum Gasteiger partial charge on any atom is -0.478 e. The van der Waals surface area contributed by atoms with Gasteiger partial charge in [0.25, 0.3) is 0 Å². The fourth-order valence-corrected chi connectivity index (χ4v) is 1.03. The highest BCUT2D eigenvalue weighted by Crippen LogP contribution is 2.02. The van der Waals surface area contributed by atoms with Crippen LogP contribution >= 0.6 is 35.7 Å². The average molecular weight is 365 g/mol. The van der Waals surface area contributed by atoms with E-state index in [0.29, 0.717) is 5.17 Å². The van der Waals surface area contributed by atoms with Crippen LogP contribution in [0.3, 0.4) is 0 Å². The third kappa shape index (κ3) is 5.68. The van der Waals surface area contributed by atoms with Crippen LogP contribution in [0.25, 0.3) is 0 Å². The first-order valence-electron chi connectivity index (χ1n) is 4.37. The number of aromatic carboxylic acids is 1. The van der Waals surface area contributed by atoms with Gasteiger partial charge in [-0.25, -0.2) is 4.79 Å². The van der Waals surface area contributed by atoms with E-state index in [9.17, 15) is 4.79 Å². The largest absolute Gasteiger partial charge is 0.478 e. The zero-order chi connectivity index (χ0) is 12.0. The highest BCUT2D eigenvalue weighted by Gasteiger charge is 1.99. The quantitative estimate of drug-likeness (QED) is 0.371. The number of nitrogens with zero attached hydrogens (tertiary/aromatic N) is 2. The van der Waals surface area contributed by atoms with Gasteiger partial charge in [0.1, 0.15) is 0 Å². The SMILES string of the molecule is CSC(N)=NN=Cc1ccc(C(=O)O)cc1.I. The minimum absolute atomic E-state index is 0. The van der Waals surface area contributed by atoms with Crippen LogP contribution in [-0.2, 0) is 0 Å². The summed E-state index contributed by atoms with van der Waals surface area (Å²) in [6.07, 6.45) is 3.31. The first-order valence-corrected chi connectivity index (χ1v) is 5.60. The lowest BCUT2D eigenvalue weighted by molar-refractivity contribution is 0.0697. The maximum absolute atomic E-state index is 10.6. The second kappa shape index (κ2) is 8.07. The van der Waals surface area contributed by atoms with E-state index in [1.807, 2.05) is 0 Å². The van der Waals surface area contributed by atoms with Crippen LogP contribution in [0.1, 0.15) is 15.9 Å². The molecule has 0 aromatic heterocycles. The van der Waals surface area contributed by atoms with Crippen LogP contribution in [0.15, 0.2) is 34.5 Å². The molecule has 0 aliphatic carbocycles. The summed E-state index contributed by atoms with van der Waals surface area (Å²) in [5.41, 5.74) is 6.43. The van der Waals surface area contributed by atoms with Crippen molar-refractivity contribution in [3.05, 3.63) is 35.4 Å². The molecule has 0 fully saturated rings. The van der Waals surface area contributed by atoms with Crippen molar-refractivity contribution in [2.45, 2.75) is 0 Å². The Morgan fingerprint density at radius 2 is 2.00 bits per heavy atom. The first kappa shape index (κ1) is 15.9. The van der Waals surface area contributed by atoms with Crippen molar-refractivity contribution in [3.63, 3.8) is 0 Å². The molecule has 92 valence electrons. The van der Waals surface area contributed by atoms with Crippen LogP contribution in [0.2, 0.25) is 0 Å². The molecule has 1 aromatic rings. The number of amidine groups is 1. The van der Waals surface area contributed by atoms with Crippen molar-refractivity contribution in [1.82, 2.24) is 0 Å². The molecule has 0 radical (unpaired) electrons. The second-order valence-corrected chi connectivity index (χ2v) is 3.64. The molecule has 0 unspecified atom stereocenters. The Bertz CT molecular complexity index is 432. The van der Waals surface area contributed by atoms with Gasteiger partial charge in [-0.1, -0.05) is 23.9 Å². The topological polar surface area (TPSA) is 88.0 Å². The van der Waals surface area contributed by atoms with Gasteiger partial charge in [0.15, 0.2) is 5.17 Å². The van der Waals surface area contributed by atoms with Crippen LogP contribution in [0, 0.1) is 0 Å². The predicted octanol–water partition coefficient (Wildman–Crippen LogP) is 2.01. The van der Waals surface area contributed by atoms with Gasteiger partial charge >= 0.3 is 5.97 Å². The van der Waals surface area contributed by atoms with Crippen molar-refractivity contribution < 1.29 is 9.90 Å². The third-order valence-electron chi connectivity index (χ3n) is 1.73. The maximum Gasteiger partial charge on any atom is 0.335 e. The van der Waals surface area contributed by atoms with Gasteiger partial charge in [0.05, 0.1) is 11.8 Å². The van der Waals surface area contributed by atoms with Crippen molar-refractivity contribution >= 4 is 53.1 Å². The fraction of sp³-hybridized carbons (Fsp3) is 0.100. The Hall–Kier alpha value is -1.09. The molecule has 0 bridgehead atoms. The Labute approximate surface area is 120 Å². The molecule has 0 amide bonds. The lowest BCUT2D eigenvalue weighted by Gasteiger charge is -1.94. The Morgan fingerprint density at radius 3 is 2.47 bits per heavy atom. The highest BCUT2D eigenvalue weighted by atomic mass is 127. The van der Waals surface area contributed by atoms with E-state index in [1.165, 1.54) is 30.1 Å². The Balaban J connectivity index is 0.00000256. The summed E-state index contributed by atoms with van der Waals surface area (Å²) in [7, 11) is 0. The number of carboxylic acid groups (broad SMARTS) is 1. The molecule has 0 atom stereocenters. The number of hydrogen-bond acceptors (Lipinski definition) is 4. The van der Waals surface area contributed by atoms with Crippen LogP contribution in [-0.4, -0.2) is 28.7 Å². The van der Waals surface area contributed by atoms with E-state index in [-0.39, 0.29) is 29.5 Å². The number of rotatable bonds is 3. The molecular weight excluding hydrogens is 353 g/mol. The first-order chi connectivity index (χ1) is 7.63. The Kier molecular flexibility index (Phi) is 7.55. The number of carbonyl (C=O) groups is 1. The molecule has 5 nitrogen and oxygen atoms in total. The van der Waals surface area contributed by atoms with Gasteiger partial charge in [-0.05, 0) is 24.0 Å². The zero-order valence-corrected chi connectivity index (χ0v) is 12.2. The normalized spacial score (nSPS) is 11.2. The summed E-state index contributed by atoms with van der Waals surface area (Å²) >= 11 is 1.30. The third-order valence-corrected chi connectivity index (χ3v) is 2.23. The molecule has 0 spiro atoms. The van der Waals surface area contributed by atoms with Crippen molar-refractivity contribution in [2.24, 2.45) is 15.9 Å². The fourth-order valence-electron chi connectivity index (χ4n) is 0.905. The van der Waals surface area contributed by atoms with Gasteiger partial charge < -0.3 is 10.8 Å². The van der Waals surface area contributed by atoms with Gasteiger partial charge in [0, 0.05) is 0 Å². The summed E-state index contributed by atoms with van der Waals surface area (Å²) in [5.74, 6) is -0.951. The van der Waals surface area contributed by atoms with Gasteiger partial charge in [0.2, 0.25) is 0 Å². The van der Waals surface area contributed by atoms with Crippen molar-refractivity contribution in [2.75, 3.05) is 6.26 Å². The number of carboxylic acids is 1. The van der Waals surface area contributed by atoms with Gasteiger partial charge in [-0.15, -0.1) is 29.1 Å². The molecule has 0 saturated heterocycles. The molecule has 0 saturated carbocycles. The van der Waals surface area contributed by atoms with E-state index in [0.717, 1.165) is 5.56 Å². The number of thioether (sulfide) groups is 1. The monoisotopic (exact) mass is 365 g/mol. The predicted molar refractivity (Wildman–Crippen MR) is 81.5 cm³/mol. The molecule has 7 heteroatoms.